The number of carbonyl (C=O) groups excluding carboxylic acids is 1. The average Bonchev–Trinajstić information content (AvgIpc) is 2.28. The molecule has 0 saturated heterocycles. The SMILES string of the molecule is CC[C@H](C)[C@H](NC(=O)NC1CC(OC)C1)C(=O)O. The van der Waals surface area contributed by atoms with Crippen LogP contribution in [0.15, 0.2) is 0 Å². The summed E-state index contributed by atoms with van der Waals surface area (Å²) in [5, 5.41) is 14.3. The molecule has 1 fully saturated rings. The van der Waals surface area contributed by atoms with Crippen molar-refractivity contribution in [2.75, 3.05) is 7.11 Å². The summed E-state index contributed by atoms with van der Waals surface area (Å²) < 4.78 is 5.11. The normalized spacial score (nSPS) is 25.7. The molecule has 0 aliphatic heterocycles. The van der Waals surface area contributed by atoms with Crippen molar-refractivity contribution >= 4 is 12.0 Å². The van der Waals surface area contributed by atoms with Gasteiger partial charge < -0.3 is 20.5 Å². The lowest BCUT2D eigenvalue weighted by Gasteiger charge is -2.35. The molecule has 0 aromatic carbocycles. The molecule has 0 radical (unpaired) electrons. The van der Waals surface area contributed by atoms with Gasteiger partial charge in [0.05, 0.1) is 6.10 Å². The Labute approximate surface area is 107 Å². The van der Waals surface area contributed by atoms with Crippen molar-refractivity contribution < 1.29 is 19.4 Å². The van der Waals surface area contributed by atoms with Gasteiger partial charge in [0, 0.05) is 13.2 Å². The van der Waals surface area contributed by atoms with Crippen molar-refractivity contribution in [3.63, 3.8) is 0 Å². The number of methoxy groups -OCH3 is 1. The van der Waals surface area contributed by atoms with Crippen LogP contribution in [0.5, 0.6) is 0 Å². The molecule has 104 valence electrons. The van der Waals surface area contributed by atoms with Crippen molar-refractivity contribution in [1.82, 2.24) is 10.6 Å². The summed E-state index contributed by atoms with van der Waals surface area (Å²) in [7, 11) is 1.64. The van der Waals surface area contributed by atoms with Crippen LogP contribution in [0.2, 0.25) is 0 Å². The number of carbonyl (C=O) groups is 2. The maximum atomic E-state index is 11.7. The summed E-state index contributed by atoms with van der Waals surface area (Å²) in [5.74, 6) is -1.09. The Hall–Kier alpha value is -1.30. The second-order valence-corrected chi connectivity index (χ2v) is 4.85. The Balaban J connectivity index is 2.36. The molecular formula is C12H22N2O4. The summed E-state index contributed by atoms with van der Waals surface area (Å²) in [6.07, 6.45) is 2.47. The van der Waals surface area contributed by atoms with Crippen molar-refractivity contribution in [1.29, 1.82) is 0 Å². The van der Waals surface area contributed by atoms with E-state index in [1.807, 2.05) is 13.8 Å². The van der Waals surface area contributed by atoms with E-state index in [1.165, 1.54) is 0 Å². The number of nitrogens with one attached hydrogen (secondary N) is 2. The third kappa shape index (κ3) is 3.87. The van der Waals surface area contributed by atoms with Crippen LogP contribution in [0.4, 0.5) is 4.79 Å². The molecule has 0 aromatic heterocycles. The van der Waals surface area contributed by atoms with Gasteiger partial charge in [-0.1, -0.05) is 20.3 Å². The average molecular weight is 258 g/mol. The standard InChI is InChI=1S/C12H22N2O4/c1-4-7(2)10(11(15)16)14-12(17)13-8-5-9(6-8)18-3/h7-10H,4-6H2,1-3H3,(H,15,16)(H2,13,14,17)/t7-,8?,9?,10-/m0/s1. The number of carboxylic acids is 1. The molecule has 3 N–H and O–H groups in total. The second-order valence-electron chi connectivity index (χ2n) is 4.85. The predicted molar refractivity (Wildman–Crippen MR) is 66.4 cm³/mol. The van der Waals surface area contributed by atoms with E-state index in [1.54, 1.807) is 7.11 Å². The molecular weight excluding hydrogens is 236 g/mol. The first-order chi connectivity index (χ1) is 8.47. The lowest BCUT2D eigenvalue weighted by Crippen LogP contribution is -2.55. The Bertz CT molecular complexity index is 302. The second kappa shape index (κ2) is 6.58. The van der Waals surface area contributed by atoms with Crippen LogP contribution in [-0.2, 0) is 9.53 Å². The fourth-order valence-electron chi connectivity index (χ4n) is 1.93. The highest BCUT2D eigenvalue weighted by Gasteiger charge is 2.32. The molecule has 1 aliphatic rings. The zero-order valence-electron chi connectivity index (χ0n) is 11.1. The lowest BCUT2D eigenvalue weighted by molar-refractivity contribution is -0.140. The predicted octanol–water partition coefficient (Wildman–Crippen LogP) is 0.962. The minimum absolute atomic E-state index is 0.0846. The topological polar surface area (TPSA) is 87.7 Å². The number of hydrogen-bond acceptors (Lipinski definition) is 3. The van der Waals surface area contributed by atoms with Gasteiger partial charge in [-0.3, -0.25) is 0 Å². The number of amides is 2. The van der Waals surface area contributed by atoms with Gasteiger partial charge in [0.2, 0.25) is 0 Å². The summed E-state index contributed by atoms with van der Waals surface area (Å²) in [6.45, 7) is 3.71. The zero-order valence-corrected chi connectivity index (χ0v) is 11.1. The Kier molecular flexibility index (Phi) is 5.40. The van der Waals surface area contributed by atoms with E-state index in [4.69, 9.17) is 9.84 Å². The Morgan fingerprint density at radius 2 is 2.06 bits per heavy atom. The van der Waals surface area contributed by atoms with Crippen LogP contribution in [0.3, 0.4) is 0 Å². The molecule has 0 unspecified atom stereocenters. The molecule has 0 bridgehead atoms. The monoisotopic (exact) mass is 258 g/mol. The number of carboxylic acid groups (broad SMARTS) is 1. The van der Waals surface area contributed by atoms with Crippen LogP contribution < -0.4 is 10.6 Å². The molecule has 6 heteroatoms. The fourth-order valence-corrected chi connectivity index (χ4v) is 1.93. The molecule has 0 spiro atoms. The molecule has 0 aromatic rings. The first kappa shape index (κ1) is 14.8. The van der Waals surface area contributed by atoms with Crippen LogP contribution in [0.25, 0.3) is 0 Å². The van der Waals surface area contributed by atoms with Gasteiger partial charge in [0.15, 0.2) is 0 Å². The van der Waals surface area contributed by atoms with E-state index in [2.05, 4.69) is 10.6 Å². The minimum atomic E-state index is -0.997. The fraction of sp³-hybridized carbons (Fsp3) is 0.833. The highest BCUT2D eigenvalue weighted by molar-refractivity contribution is 5.82. The van der Waals surface area contributed by atoms with Crippen LogP contribution in [-0.4, -0.2) is 42.4 Å². The molecule has 1 aliphatic carbocycles. The summed E-state index contributed by atoms with van der Waals surface area (Å²) in [5.41, 5.74) is 0. The van der Waals surface area contributed by atoms with Crippen molar-refractivity contribution in [2.45, 2.75) is 51.3 Å². The molecule has 18 heavy (non-hydrogen) atoms. The minimum Gasteiger partial charge on any atom is -0.480 e. The van der Waals surface area contributed by atoms with Crippen LogP contribution >= 0.6 is 0 Å². The van der Waals surface area contributed by atoms with E-state index in [-0.39, 0.29) is 18.1 Å². The molecule has 2 atom stereocenters. The van der Waals surface area contributed by atoms with Crippen molar-refractivity contribution in [3.8, 4) is 0 Å². The van der Waals surface area contributed by atoms with Gasteiger partial charge in [-0.25, -0.2) is 9.59 Å². The largest absolute Gasteiger partial charge is 0.480 e. The summed E-state index contributed by atoms with van der Waals surface area (Å²) in [4.78, 5) is 22.7. The van der Waals surface area contributed by atoms with Gasteiger partial charge in [-0.05, 0) is 18.8 Å². The van der Waals surface area contributed by atoms with Gasteiger partial charge >= 0.3 is 12.0 Å². The third-order valence-corrected chi connectivity index (χ3v) is 3.53. The number of urea groups is 1. The Morgan fingerprint density at radius 3 is 2.50 bits per heavy atom. The highest BCUT2D eigenvalue weighted by Crippen LogP contribution is 2.22. The molecule has 2 amide bonds. The van der Waals surface area contributed by atoms with Crippen LogP contribution in [0, 0.1) is 5.92 Å². The van der Waals surface area contributed by atoms with E-state index in [9.17, 15) is 9.59 Å². The van der Waals surface area contributed by atoms with Gasteiger partial charge in [0.1, 0.15) is 6.04 Å². The van der Waals surface area contributed by atoms with E-state index < -0.39 is 18.0 Å². The lowest BCUT2D eigenvalue weighted by atomic mass is 9.89. The summed E-state index contributed by atoms with van der Waals surface area (Å²) in [6, 6.07) is -1.17. The maximum absolute atomic E-state index is 11.7. The Morgan fingerprint density at radius 1 is 1.44 bits per heavy atom. The number of aliphatic carboxylic acids is 1. The molecule has 6 nitrogen and oxygen atoms in total. The molecule has 1 rings (SSSR count). The third-order valence-electron chi connectivity index (χ3n) is 3.53. The van der Waals surface area contributed by atoms with Gasteiger partial charge in [-0.2, -0.15) is 0 Å². The molecule has 0 heterocycles. The van der Waals surface area contributed by atoms with Crippen molar-refractivity contribution in [3.05, 3.63) is 0 Å². The highest BCUT2D eigenvalue weighted by atomic mass is 16.5. The van der Waals surface area contributed by atoms with Gasteiger partial charge in [-0.15, -0.1) is 0 Å². The molecule has 1 saturated carbocycles. The quantitative estimate of drug-likeness (QED) is 0.662. The zero-order chi connectivity index (χ0) is 13.7. The number of rotatable bonds is 6. The first-order valence-corrected chi connectivity index (χ1v) is 6.30. The maximum Gasteiger partial charge on any atom is 0.326 e. The first-order valence-electron chi connectivity index (χ1n) is 6.30. The van der Waals surface area contributed by atoms with E-state index in [0.29, 0.717) is 6.42 Å². The van der Waals surface area contributed by atoms with Crippen LogP contribution in [0.1, 0.15) is 33.1 Å². The van der Waals surface area contributed by atoms with Gasteiger partial charge in [0.25, 0.3) is 0 Å². The number of hydrogen-bond donors (Lipinski definition) is 3. The smallest absolute Gasteiger partial charge is 0.326 e. The number of ether oxygens (including phenoxy) is 1. The van der Waals surface area contributed by atoms with Crippen molar-refractivity contribution in [2.24, 2.45) is 5.92 Å². The van der Waals surface area contributed by atoms with E-state index in [0.717, 1.165) is 12.8 Å². The summed E-state index contributed by atoms with van der Waals surface area (Å²) >= 11 is 0. The van der Waals surface area contributed by atoms with E-state index >= 15 is 0 Å².